The van der Waals surface area contributed by atoms with E-state index in [1.165, 1.54) is 0 Å². The van der Waals surface area contributed by atoms with Crippen molar-refractivity contribution in [3.8, 4) is 11.1 Å². The number of rotatable bonds is 12. The summed E-state index contributed by atoms with van der Waals surface area (Å²) in [6.07, 6.45) is 3.88. The summed E-state index contributed by atoms with van der Waals surface area (Å²) in [6.45, 7) is 10.7. The van der Waals surface area contributed by atoms with E-state index in [4.69, 9.17) is 4.74 Å². The van der Waals surface area contributed by atoms with Gasteiger partial charge in [-0.15, -0.1) is 0 Å². The van der Waals surface area contributed by atoms with Crippen molar-refractivity contribution in [2.75, 3.05) is 36.9 Å². The minimum absolute atomic E-state index is 0.0759. The Balaban J connectivity index is 0.903. The summed E-state index contributed by atoms with van der Waals surface area (Å²) in [6, 6.07) is 21.0. The molecule has 2 aliphatic heterocycles. The molecule has 2 aliphatic rings. The maximum atomic E-state index is 13.4. The lowest BCUT2D eigenvalue weighted by Crippen LogP contribution is -2.54. The molecule has 262 valence electrons. The van der Waals surface area contributed by atoms with Gasteiger partial charge in [0.15, 0.2) is 0 Å². The third kappa shape index (κ3) is 6.94. The highest BCUT2D eigenvalue weighted by atomic mass is 16.5. The molecule has 4 N–H and O–H groups in total. The molecule has 5 aromatic rings. The van der Waals surface area contributed by atoms with E-state index in [1.54, 1.807) is 24.4 Å². The van der Waals surface area contributed by atoms with Crippen molar-refractivity contribution in [1.29, 1.82) is 0 Å². The molecule has 3 aromatic carbocycles. The molecule has 51 heavy (non-hydrogen) atoms. The predicted octanol–water partition coefficient (Wildman–Crippen LogP) is 6.38. The number of benzene rings is 3. The van der Waals surface area contributed by atoms with E-state index in [-0.39, 0.29) is 34.8 Å². The summed E-state index contributed by atoms with van der Waals surface area (Å²) in [5.41, 5.74) is 6.06. The van der Waals surface area contributed by atoms with E-state index in [0.29, 0.717) is 25.4 Å². The van der Waals surface area contributed by atoms with Gasteiger partial charge in [-0.25, -0.2) is 0 Å². The van der Waals surface area contributed by atoms with Crippen molar-refractivity contribution < 1.29 is 23.9 Å². The van der Waals surface area contributed by atoms with Gasteiger partial charge in [0, 0.05) is 75.9 Å². The van der Waals surface area contributed by atoms with Gasteiger partial charge < -0.3 is 20.4 Å². The molecule has 1 fully saturated rings. The molecule has 11 heteroatoms. The van der Waals surface area contributed by atoms with Crippen LogP contribution in [0.1, 0.15) is 61.3 Å². The van der Waals surface area contributed by atoms with Gasteiger partial charge >= 0.3 is 0 Å². The summed E-state index contributed by atoms with van der Waals surface area (Å²) in [5.74, 6) is -2.09. The van der Waals surface area contributed by atoms with Crippen molar-refractivity contribution >= 4 is 56.8 Å². The fourth-order valence-electron chi connectivity index (χ4n) is 6.75. The molecule has 4 amide bonds. The minimum Gasteiger partial charge on any atom is -0.384 e. The maximum Gasteiger partial charge on any atom is 0.264 e. The molecule has 0 spiro atoms. The number of aromatic amines is 1. The lowest BCUT2D eigenvalue weighted by molar-refractivity contribution is -0.136. The summed E-state index contributed by atoms with van der Waals surface area (Å²) >= 11 is 0. The van der Waals surface area contributed by atoms with Crippen LogP contribution in [-0.4, -0.2) is 70.8 Å². The van der Waals surface area contributed by atoms with Gasteiger partial charge in [0.05, 0.1) is 24.3 Å². The van der Waals surface area contributed by atoms with Gasteiger partial charge in [-0.1, -0.05) is 58.0 Å². The van der Waals surface area contributed by atoms with Crippen molar-refractivity contribution in [3.63, 3.8) is 0 Å². The molecule has 11 nitrogen and oxygen atoms in total. The van der Waals surface area contributed by atoms with Crippen LogP contribution >= 0.6 is 0 Å². The first-order valence-electron chi connectivity index (χ1n) is 17.3. The Kier molecular flexibility index (Phi) is 8.84. The quantitative estimate of drug-likeness (QED) is 0.111. The van der Waals surface area contributed by atoms with E-state index in [9.17, 15) is 19.2 Å². The molecule has 1 unspecified atom stereocenters. The van der Waals surface area contributed by atoms with Gasteiger partial charge in [0.1, 0.15) is 6.04 Å². The lowest BCUT2D eigenvalue weighted by Gasteiger charge is -2.30. The number of piperidine rings is 1. The number of nitrogens with zero attached hydrogens (tertiary/aromatic N) is 2. The molecule has 0 aliphatic carbocycles. The summed E-state index contributed by atoms with van der Waals surface area (Å²) in [5, 5.41) is 11.4. The molecular formula is C40H42N6O5. The van der Waals surface area contributed by atoms with Crippen LogP contribution in [0.5, 0.6) is 0 Å². The highest BCUT2D eigenvalue weighted by molar-refractivity contribution is 6.25. The van der Waals surface area contributed by atoms with Crippen LogP contribution in [0.4, 0.5) is 11.4 Å². The molecule has 0 bridgehead atoms. The molecule has 2 aromatic heterocycles. The highest BCUT2D eigenvalue weighted by Gasteiger charge is 2.45. The SMILES string of the molecule is CC(C)(CNc1ccc(-c2ccc3c(c2)[nH]c2ccncc23)cc1)COCC(C)(C)CNc1cccc2c1C(=O)N(C1CCC(=O)NC1=O)C2=O. The first-order valence-corrected chi connectivity index (χ1v) is 17.3. The number of pyridine rings is 1. The van der Waals surface area contributed by atoms with Gasteiger partial charge in [-0.2, -0.15) is 0 Å². The first kappa shape index (κ1) is 33.9. The third-order valence-electron chi connectivity index (χ3n) is 9.60. The van der Waals surface area contributed by atoms with Crippen LogP contribution in [0.15, 0.2) is 79.1 Å². The third-order valence-corrected chi connectivity index (χ3v) is 9.60. The van der Waals surface area contributed by atoms with Crippen molar-refractivity contribution in [2.45, 2.75) is 46.6 Å². The number of H-pyrrole nitrogens is 1. The molecule has 1 atom stereocenters. The maximum absolute atomic E-state index is 13.4. The average molecular weight is 687 g/mol. The number of hydrogen-bond donors (Lipinski definition) is 4. The van der Waals surface area contributed by atoms with Crippen molar-refractivity contribution in [1.82, 2.24) is 20.2 Å². The Labute approximate surface area is 296 Å². The minimum atomic E-state index is -1.00. The molecule has 0 radical (unpaired) electrons. The van der Waals surface area contributed by atoms with Crippen LogP contribution in [-0.2, 0) is 14.3 Å². The number of aromatic nitrogens is 2. The van der Waals surface area contributed by atoms with E-state index < -0.39 is 29.7 Å². The van der Waals surface area contributed by atoms with Crippen molar-refractivity contribution in [3.05, 3.63) is 90.3 Å². The standard InChI is InChI=1S/C40H42N6O5/c1-39(2,20-42-26-11-8-24(9-12-26)25-10-13-27-29-19-41-17-16-30(29)44-32(27)18-25)22-51-23-40(3,4)21-43-31-7-5-6-28-35(31)38(50)46(37(28)49)33-14-15-34(47)45-36(33)48/h5-13,16-19,33,42-44H,14-15,20-23H2,1-4H3,(H,45,47,48). The second-order valence-corrected chi connectivity index (χ2v) is 15.1. The summed E-state index contributed by atoms with van der Waals surface area (Å²) in [4.78, 5) is 59.5. The van der Waals surface area contributed by atoms with E-state index >= 15 is 0 Å². The molecule has 4 heterocycles. The molecule has 1 saturated heterocycles. The number of nitrogens with one attached hydrogen (secondary N) is 4. The zero-order valence-electron chi connectivity index (χ0n) is 29.3. The lowest BCUT2D eigenvalue weighted by atomic mass is 9.92. The number of carbonyl (C=O) groups is 4. The summed E-state index contributed by atoms with van der Waals surface area (Å²) < 4.78 is 6.23. The van der Waals surface area contributed by atoms with Crippen LogP contribution in [0.25, 0.3) is 32.9 Å². The number of carbonyl (C=O) groups excluding carboxylic acids is 4. The van der Waals surface area contributed by atoms with Crippen LogP contribution in [0, 0.1) is 10.8 Å². The first-order chi connectivity index (χ1) is 24.4. The number of amides is 4. The van der Waals surface area contributed by atoms with E-state index in [2.05, 4.69) is 96.1 Å². The fourth-order valence-corrected chi connectivity index (χ4v) is 6.75. The second kappa shape index (κ2) is 13.3. The van der Waals surface area contributed by atoms with Gasteiger partial charge in [-0.05, 0) is 53.9 Å². The Morgan fingerprint density at radius 2 is 1.55 bits per heavy atom. The molecule has 0 saturated carbocycles. The van der Waals surface area contributed by atoms with Gasteiger partial charge in [-0.3, -0.25) is 34.4 Å². The summed E-state index contributed by atoms with van der Waals surface area (Å²) in [7, 11) is 0. The number of imide groups is 2. The Hall–Kier alpha value is -5.55. The Morgan fingerprint density at radius 3 is 2.29 bits per heavy atom. The predicted molar refractivity (Wildman–Crippen MR) is 198 cm³/mol. The largest absolute Gasteiger partial charge is 0.384 e. The molecular weight excluding hydrogens is 644 g/mol. The number of ether oxygens (including phenoxy) is 1. The normalized spacial score (nSPS) is 16.5. The van der Waals surface area contributed by atoms with Crippen LogP contribution in [0.3, 0.4) is 0 Å². The number of fused-ring (bicyclic) bond motifs is 4. The highest BCUT2D eigenvalue weighted by Crippen LogP contribution is 2.34. The van der Waals surface area contributed by atoms with Crippen molar-refractivity contribution in [2.24, 2.45) is 10.8 Å². The number of anilines is 2. The van der Waals surface area contributed by atoms with Crippen LogP contribution in [0.2, 0.25) is 0 Å². The monoisotopic (exact) mass is 686 g/mol. The zero-order chi connectivity index (χ0) is 35.9. The van der Waals surface area contributed by atoms with E-state index in [0.717, 1.165) is 50.1 Å². The Morgan fingerprint density at radius 1 is 0.824 bits per heavy atom. The van der Waals surface area contributed by atoms with Gasteiger partial charge in [0.25, 0.3) is 11.8 Å². The van der Waals surface area contributed by atoms with Crippen LogP contribution < -0.4 is 16.0 Å². The zero-order valence-corrected chi connectivity index (χ0v) is 29.3. The van der Waals surface area contributed by atoms with Gasteiger partial charge in [0.2, 0.25) is 11.8 Å². The Bertz CT molecular complexity index is 2170. The van der Waals surface area contributed by atoms with E-state index in [1.807, 2.05) is 12.3 Å². The smallest absolute Gasteiger partial charge is 0.264 e. The second-order valence-electron chi connectivity index (χ2n) is 15.1. The average Bonchev–Trinajstić information content (AvgIpc) is 3.60. The number of hydrogen-bond acceptors (Lipinski definition) is 8. The fraction of sp³-hybridized carbons (Fsp3) is 0.325. The molecule has 7 rings (SSSR count). The topological polar surface area (TPSA) is 146 Å².